The molecular weight excluding hydrogens is 574 g/mol. The summed E-state index contributed by atoms with van der Waals surface area (Å²) in [6.45, 7) is 12.7. The fourth-order valence-electron chi connectivity index (χ4n) is 6.00. The molecule has 0 saturated heterocycles. The molecule has 5 aromatic carbocycles. The molecule has 0 unspecified atom stereocenters. The predicted octanol–water partition coefficient (Wildman–Crippen LogP) is 11.2. The van der Waals surface area contributed by atoms with Crippen molar-refractivity contribution in [3.63, 3.8) is 0 Å². The van der Waals surface area contributed by atoms with E-state index in [4.69, 9.17) is 4.74 Å². The number of benzene rings is 5. The summed E-state index contributed by atoms with van der Waals surface area (Å²) in [5.41, 5.74) is 10.5. The van der Waals surface area contributed by atoms with Crippen molar-refractivity contribution < 1.29 is 4.74 Å². The van der Waals surface area contributed by atoms with Gasteiger partial charge in [-0.05, 0) is 98.5 Å². The standard InChI is InChI=1S/C43H47N3O/c1-6-44(7-2)42-19-12-10-15-36(42)27-21-34-23-29-38(30-24-34)46(40-17-14-18-41(33-40)47-5)39-31-25-35(26-32-39)22-28-37-16-11-13-20-43(37)45(8-3)9-4/h10-33H,6-9H2,1-5H3. The van der Waals surface area contributed by atoms with Crippen molar-refractivity contribution in [2.24, 2.45) is 0 Å². The molecule has 0 aliphatic heterocycles. The van der Waals surface area contributed by atoms with Gasteiger partial charge in [-0.3, -0.25) is 0 Å². The van der Waals surface area contributed by atoms with Crippen molar-refractivity contribution in [2.45, 2.75) is 27.7 Å². The molecule has 0 radical (unpaired) electrons. The van der Waals surface area contributed by atoms with E-state index in [-0.39, 0.29) is 0 Å². The van der Waals surface area contributed by atoms with Crippen molar-refractivity contribution in [3.8, 4) is 5.75 Å². The van der Waals surface area contributed by atoms with E-state index in [1.54, 1.807) is 7.11 Å². The Morgan fingerprint density at radius 2 is 0.915 bits per heavy atom. The van der Waals surface area contributed by atoms with E-state index in [1.165, 1.54) is 22.5 Å². The monoisotopic (exact) mass is 621 g/mol. The molecule has 0 atom stereocenters. The van der Waals surface area contributed by atoms with Crippen LogP contribution >= 0.6 is 0 Å². The number of ether oxygens (including phenoxy) is 1. The first-order valence-corrected chi connectivity index (χ1v) is 16.8. The van der Waals surface area contributed by atoms with Gasteiger partial charge in [0.05, 0.1) is 7.11 Å². The van der Waals surface area contributed by atoms with Crippen LogP contribution in [0.1, 0.15) is 49.9 Å². The zero-order valence-corrected chi connectivity index (χ0v) is 28.4. The Labute approximate surface area is 281 Å². The summed E-state index contributed by atoms with van der Waals surface area (Å²) in [6, 6.07) is 42.9. The van der Waals surface area contributed by atoms with Gasteiger partial charge in [0.2, 0.25) is 0 Å². The lowest BCUT2D eigenvalue weighted by Gasteiger charge is -2.26. The van der Waals surface area contributed by atoms with Crippen molar-refractivity contribution >= 4 is 52.7 Å². The van der Waals surface area contributed by atoms with Gasteiger partial charge in [0.1, 0.15) is 5.75 Å². The second-order valence-corrected chi connectivity index (χ2v) is 11.3. The van der Waals surface area contributed by atoms with Crippen molar-refractivity contribution in [2.75, 3.05) is 48.0 Å². The molecule has 5 rings (SSSR count). The topological polar surface area (TPSA) is 19.0 Å². The van der Waals surface area contributed by atoms with Crippen molar-refractivity contribution in [1.29, 1.82) is 0 Å². The summed E-state index contributed by atoms with van der Waals surface area (Å²) in [6.07, 6.45) is 8.83. The summed E-state index contributed by atoms with van der Waals surface area (Å²) in [7, 11) is 1.71. The Bertz CT molecular complexity index is 1660. The highest BCUT2D eigenvalue weighted by Crippen LogP contribution is 2.36. The van der Waals surface area contributed by atoms with Crippen LogP contribution in [0.15, 0.2) is 121 Å². The molecule has 47 heavy (non-hydrogen) atoms. The lowest BCUT2D eigenvalue weighted by atomic mass is 10.1. The van der Waals surface area contributed by atoms with Crippen LogP contribution in [0, 0.1) is 0 Å². The maximum absolute atomic E-state index is 5.60. The molecule has 0 spiro atoms. The van der Waals surface area contributed by atoms with Gasteiger partial charge in [-0.25, -0.2) is 0 Å². The molecule has 5 aromatic rings. The molecule has 0 bridgehead atoms. The molecule has 0 aromatic heterocycles. The van der Waals surface area contributed by atoms with E-state index in [9.17, 15) is 0 Å². The zero-order chi connectivity index (χ0) is 33.0. The molecule has 0 N–H and O–H groups in total. The van der Waals surface area contributed by atoms with Crippen molar-refractivity contribution in [1.82, 2.24) is 0 Å². The highest BCUT2D eigenvalue weighted by molar-refractivity contribution is 5.82. The van der Waals surface area contributed by atoms with Crippen LogP contribution < -0.4 is 19.4 Å². The number of rotatable bonds is 14. The number of para-hydroxylation sites is 2. The third-order valence-electron chi connectivity index (χ3n) is 8.61. The molecule has 0 heterocycles. The maximum Gasteiger partial charge on any atom is 0.120 e. The van der Waals surface area contributed by atoms with Crippen LogP contribution in [0.25, 0.3) is 24.3 Å². The van der Waals surface area contributed by atoms with E-state index in [0.29, 0.717) is 0 Å². The van der Waals surface area contributed by atoms with E-state index in [1.807, 2.05) is 12.1 Å². The number of nitrogens with zero attached hydrogens (tertiary/aromatic N) is 3. The van der Waals surface area contributed by atoms with Crippen LogP contribution in [0.3, 0.4) is 0 Å². The van der Waals surface area contributed by atoms with Gasteiger partial charge < -0.3 is 19.4 Å². The van der Waals surface area contributed by atoms with E-state index < -0.39 is 0 Å². The minimum Gasteiger partial charge on any atom is -0.497 e. The largest absolute Gasteiger partial charge is 0.497 e. The quantitative estimate of drug-likeness (QED) is 0.115. The fraction of sp³-hybridized carbons (Fsp3) is 0.209. The molecular formula is C43H47N3O. The minimum absolute atomic E-state index is 0.824. The summed E-state index contributed by atoms with van der Waals surface area (Å²) in [5, 5.41) is 0. The molecule has 0 aliphatic carbocycles. The van der Waals surface area contributed by atoms with Crippen LogP contribution in [0.2, 0.25) is 0 Å². The SMILES string of the molecule is CCN(CC)c1ccccc1C=Cc1ccc(N(c2ccc(C=Cc3ccccc3N(CC)CC)cc2)c2cccc(OC)c2)cc1. The Hall–Kier alpha value is -5.22. The number of anilines is 5. The van der Waals surface area contributed by atoms with Gasteiger partial charge in [0, 0.05) is 60.7 Å². The summed E-state index contributed by atoms with van der Waals surface area (Å²) in [4.78, 5) is 7.05. The van der Waals surface area contributed by atoms with Crippen LogP contribution in [0.5, 0.6) is 5.75 Å². The normalized spacial score (nSPS) is 11.3. The third kappa shape index (κ3) is 8.14. The van der Waals surface area contributed by atoms with E-state index >= 15 is 0 Å². The molecule has 0 fully saturated rings. The number of hydrogen-bond acceptors (Lipinski definition) is 4. The first kappa shape index (κ1) is 33.2. The minimum atomic E-state index is 0.824. The average Bonchev–Trinajstić information content (AvgIpc) is 3.13. The van der Waals surface area contributed by atoms with E-state index in [0.717, 1.165) is 60.1 Å². The fourth-order valence-corrected chi connectivity index (χ4v) is 6.00. The van der Waals surface area contributed by atoms with Crippen molar-refractivity contribution in [3.05, 3.63) is 144 Å². The van der Waals surface area contributed by atoms with Crippen LogP contribution in [-0.4, -0.2) is 33.3 Å². The molecule has 240 valence electrons. The highest BCUT2D eigenvalue weighted by atomic mass is 16.5. The highest BCUT2D eigenvalue weighted by Gasteiger charge is 2.14. The van der Waals surface area contributed by atoms with Gasteiger partial charge >= 0.3 is 0 Å². The Kier molecular flexibility index (Phi) is 11.5. The summed E-state index contributed by atoms with van der Waals surface area (Å²) >= 11 is 0. The molecule has 0 aliphatic rings. The molecule has 0 saturated carbocycles. The Morgan fingerprint density at radius 1 is 0.468 bits per heavy atom. The van der Waals surface area contributed by atoms with E-state index in [2.05, 4.69) is 176 Å². The Morgan fingerprint density at radius 3 is 1.34 bits per heavy atom. The third-order valence-corrected chi connectivity index (χ3v) is 8.61. The average molecular weight is 622 g/mol. The van der Waals surface area contributed by atoms with Crippen LogP contribution in [0.4, 0.5) is 28.4 Å². The number of methoxy groups -OCH3 is 1. The van der Waals surface area contributed by atoms with Gasteiger partial charge in [0.25, 0.3) is 0 Å². The second kappa shape index (κ2) is 16.4. The molecule has 4 heteroatoms. The van der Waals surface area contributed by atoms with Gasteiger partial charge in [0.15, 0.2) is 0 Å². The van der Waals surface area contributed by atoms with Gasteiger partial charge in [-0.15, -0.1) is 0 Å². The zero-order valence-electron chi connectivity index (χ0n) is 28.4. The summed E-state index contributed by atoms with van der Waals surface area (Å²) in [5.74, 6) is 0.824. The predicted molar refractivity (Wildman–Crippen MR) is 206 cm³/mol. The summed E-state index contributed by atoms with van der Waals surface area (Å²) < 4.78 is 5.60. The maximum atomic E-state index is 5.60. The molecule has 0 amide bonds. The molecule has 4 nitrogen and oxygen atoms in total. The van der Waals surface area contributed by atoms with Gasteiger partial charge in [-0.1, -0.05) is 91.0 Å². The lowest BCUT2D eigenvalue weighted by Crippen LogP contribution is -2.22. The number of hydrogen-bond donors (Lipinski definition) is 0. The van der Waals surface area contributed by atoms with Crippen LogP contribution in [-0.2, 0) is 0 Å². The first-order chi connectivity index (χ1) is 23.1. The smallest absolute Gasteiger partial charge is 0.120 e. The second-order valence-electron chi connectivity index (χ2n) is 11.3. The Balaban J connectivity index is 1.43. The van der Waals surface area contributed by atoms with Gasteiger partial charge in [-0.2, -0.15) is 0 Å². The first-order valence-electron chi connectivity index (χ1n) is 16.8. The lowest BCUT2D eigenvalue weighted by molar-refractivity contribution is 0.415.